The van der Waals surface area contributed by atoms with E-state index in [0.717, 1.165) is 17.4 Å². The number of amides is 1. The normalized spacial score (nSPS) is 12.9. The molecule has 0 aliphatic heterocycles. The van der Waals surface area contributed by atoms with Gasteiger partial charge in [0.1, 0.15) is 10.3 Å². The maximum absolute atomic E-state index is 11.8. The smallest absolute Gasteiger partial charge is 0.326 e. The fourth-order valence-electron chi connectivity index (χ4n) is 1.37. The Morgan fingerprint density at radius 3 is 2.58 bits per heavy atom. The van der Waals surface area contributed by atoms with E-state index in [1.54, 1.807) is 6.92 Å². The second kappa shape index (κ2) is 6.13. The average Bonchev–Trinajstić information content (AvgIpc) is 2.76. The molecule has 1 heterocycles. The molecule has 1 atom stereocenters. The topological polar surface area (TPSA) is 127 Å². The minimum Gasteiger partial charge on any atom is -0.480 e. The van der Waals surface area contributed by atoms with E-state index in [4.69, 9.17) is 10.2 Å². The van der Waals surface area contributed by atoms with Crippen molar-refractivity contribution in [2.24, 2.45) is 5.14 Å². The molecule has 0 fully saturated rings. The molecule has 7 nitrogen and oxygen atoms in total. The number of rotatable bonds is 6. The second-order valence-corrected chi connectivity index (χ2v) is 6.55. The molecule has 106 valence electrons. The lowest BCUT2D eigenvalue weighted by Crippen LogP contribution is -2.40. The van der Waals surface area contributed by atoms with E-state index in [2.05, 4.69) is 5.32 Å². The van der Waals surface area contributed by atoms with Crippen molar-refractivity contribution >= 4 is 33.2 Å². The number of aliphatic carboxylic acids is 1. The molecule has 1 aromatic rings. The first-order valence-electron chi connectivity index (χ1n) is 5.40. The number of carboxylic acid groups (broad SMARTS) is 1. The molecule has 0 bridgehead atoms. The monoisotopic (exact) mass is 306 g/mol. The molecular weight excluding hydrogens is 292 g/mol. The molecule has 0 aliphatic rings. The fraction of sp³-hybridized carbons (Fsp3) is 0.400. The predicted molar refractivity (Wildman–Crippen MR) is 69.5 cm³/mol. The van der Waals surface area contributed by atoms with Crippen molar-refractivity contribution in [1.29, 1.82) is 0 Å². The Labute approximate surface area is 114 Å². The summed E-state index contributed by atoms with van der Waals surface area (Å²) in [5.41, 5.74) is 0.0800. The minimum absolute atomic E-state index is 0.0800. The lowest BCUT2D eigenvalue weighted by Gasteiger charge is -2.12. The van der Waals surface area contributed by atoms with Crippen LogP contribution >= 0.6 is 11.3 Å². The molecular formula is C10H14N2O5S2. The zero-order chi connectivity index (χ0) is 14.6. The number of primary sulfonamides is 1. The van der Waals surface area contributed by atoms with E-state index >= 15 is 0 Å². The van der Waals surface area contributed by atoms with Gasteiger partial charge in [-0.25, -0.2) is 18.4 Å². The highest BCUT2D eigenvalue weighted by Gasteiger charge is 2.21. The first kappa shape index (κ1) is 15.6. The maximum atomic E-state index is 11.8. The van der Waals surface area contributed by atoms with Gasteiger partial charge in [0.05, 0.1) is 5.56 Å². The molecule has 9 heteroatoms. The number of carbonyl (C=O) groups excluding carboxylic acids is 1. The molecule has 0 aromatic carbocycles. The number of carbonyl (C=O) groups is 2. The third-order valence-corrected chi connectivity index (χ3v) is 4.69. The van der Waals surface area contributed by atoms with Gasteiger partial charge >= 0.3 is 5.97 Å². The van der Waals surface area contributed by atoms with Crippen molar-refractivity contribution in [3.8, 4) is 0 Å². The van der Waals surface area contributed by atoms with Crippen LogP contribution in [0.4, 0.5) is 0 Å². The average molecular weight is 306 g/mol. The lowest BCUT2D eigenvalue weighted by atomic mass is 10.1. The summed E-state index contributed by atoms with van der Waals surface area (Å²) in [5, 5.41) is 17.5. The summed E-state index contributed by atoms with van der Waals surface area (Å²) in [6.07, 6.45) is 0.899. The third-order valence-electron chi connectivity index (χ3n) is 2.30. The van der Waals surface area contributed by atoms with Gasteiger partial charge in [0, 0.05) is 5.38 Å². The lowest BCUT2D eigenvalue weighted by molar-refractivity contribution is -0.139. The van der Waals surface area contributed by atoms with Crippen LogP contribution in [0, 0.1) is 0 Å². The Morgan fingerprint density at radius 2 is 2.16 bits per heavy atom. The highest BCUT2D eigenvalue weighted by molar-refractivity contribution is 7.91. The predicted octanol–water partition coefficient (Wildman–Crippen LogP) is 0.379. The molecule has 1 aromatic heterocycles. The van der Waals surface area contributed by atoms with Gasteiger partial charge in [-0.1, -0.05) is 13.3 Å². The van der Waals surface area contributed by atoms with Crippen molar-refractivity contribution in [3.05, 3.63) is 17.0 Å². The highest BCUT2D eigenvalue weighted by Crippen LogP contribution is 2.18. The molecule has 0 radical (unpaired) electrons. The molecule has 4 N–H and O–H groups in total. The maximum Gasteiger partial charge on any atom is 0.326 e. The molecule has 0 saturated heterocycles. The number of nitrogens with one attached hydrogen (secondary N) is 1. The van der Waals surface area contributed by atoms with E-state index in [0.29, 0.717) is 12.8 Å². The minimum atomic E-state index is -3.85. The van der Waals surface area contributed by atoms with Gasteiger partial charge in [0.25, 0.3) is 5.91 Å². The van der Waals surface area contributed by atoms with E-state index < -0.39 is 27.9 Å². The van der Waals surface area contributed by atoms with Crippen LogP contribution in [-0.2, 0) is 14.8 Å². The van der Waals surface area contributed by atoms with Gasteiger partial charge in [-0.2, -0.15) is 0 Å². The first-order chi connectivity index (χ1) is 8.75. The number of nitrogens with two attached hydrogens (primary N) is 1. The van der Waals surface area contributed by atoms with Gasteiger partial charge in [-0.3, -0.25) is 4.79 Å². The largest absolute Gasteiger partial charge is 0.480 e. The van der Waals surface area contributed by atoms with Crippen LogP contribution in [0.5, 0.6) is 0 Å². The molecule has 19 heavy (non-hydrogen) atoms. The van der Waals surface area contributed by atoms with Crippen LogP contribution < -0.4 is 10.5 Å². The number of hydrogen-bond donors (Lipinski definition) is 3. The Kier molecular flexibility index (Phi) is 5.04. The Bertz CT molecular complexity index is 578. The number of thiophene rings is 1. The van der Waals surface area contributed by atoms with Crippen LogP contribution in [0.1, 0.15) is 30.1 Å². The summed E-state index contributed by atoms with van der Waals surface area (Å²) in [4.78, 5) is 22.7. The summed E-state index contributed by atoms with van der Waals surface area (Å²) in [6.45, 7) is 1.80. The van der Waals surface area contributed by atoms with E-state index in [1.165, 1.54) is 5.38 Å². The second-order valence-electron chi connectivity index (χ2n) is 3.85. The van der Waals surface area contributed by atoms with E-state index in [1.807, 2.05) is 0 Å². The van der Waals surface area contributed by atoms with Gasteiger partial charge in [-0.15, -0.1) is 11.3 Å². The standard InChI is InChI=1S/C10H14N2O5S2/c1-2-3-7(10(14)15)12-9(13)6-4-8(18-5-6)19(11,16)17/h4-5,7H,2-3H2,1H3,(H,12,13)(H,14,15)(H2,11,16,17). The van der Waals surface area contributed by atoms with Crippen LogP contribution in [0.2, 0.25) is 0 Å². The molecule has 1 amide bonds. The third kappa shape index (κ3) is 4.30. The number of carboxylic acids is 1. The molecule has 0 spiro atoms. The van der Waals surface area contributed by atoms with Gasteiger partial charge < -0.3 is 10.4 Å². The van der Waals surface area contributed by atoms with E-state index in [-0.39, 0.29) is 9.77 Å². The molecule has 1 rings (SSSR count). The number of hydrogen-bond acceptors (Lipinski definition) is 5. The number of sulfonamides is 1. The SMILES string of the molecule is CCCC(NC(=O)c1csc(S(N)(=O)=O)c1)C(=O)O. The van der Waals surface area contributed by atoms with Crippen LogP contribution in [0.3, 0.4) is 0 Å². The molecule has 0 aliphatic carbocycles. The van der Waals surface area contributed by atoms with Crippen LogP contribution in [0.25, 0.3) is 0 Å². The van der Waals surface area contributed by atoms with Gasteiger partial charge in [0.15, 0.2) is 0 Å². The quantitative estimate of drug-likeness (QED) is 0.700. The Morgan fingerprint density at radius 1 is 1.53 bits per heavy atom. The zero-order valence-corrected chi connectivity index (χ0v) is 11.8. The summed E-state index contributed by atoms with van der Waals surface area (Å²) in [7, 11) is -3.85. The van der Waals surface area contributed by atoms with Crippen LogP contribution in [-0.4, -0.2) is 31.4 Å². The summed E-state index contributed by atoms with van der Waals surface area (Å²) < 4.78 is 22.0. The van der Waals surface area contributed by atoms with Crippen molar-refractivity contribution in [3.63, 3.8) is 0 Å². The van der Waals surface area contributed by atoms with Crippen molar-refractivity contribution in [2.45, 2.75) is 30.0 Å². The zero-order valence-electron chi connectivity index (χ0n) is 10.1. The van der Waals surface area contributed by atoms with E-state index in [9.17, 15) is 18.0 Å². The highest BCUT2D eigenvalue weighted by atomic mass is 32.2. The Balaban J connectivity index is 2.83. The van der Waals surface area contributed by atoms with Gasteiger partial charge in [-0.05, 0) is 12.5 Å². The summed E-state index contributed by atoms with van der Waals surface area (Å²) in [6, 6.07) is 0.135. The molecule has 0 saturated carbocycles. The summed E-state index contributed by atoms with van der Waals surface area (Å²) >= 11 is 0.812. The van der Waals surface area contributed by atoms with Crippen molar-refractivity contribution in [1.82, 2.24) is 5.32 Å². The van der Waals surface area contributed by atoms with Crippen molar-refractivity contribution in [2.75, 3.05) is 0 Å². The fourth-order valence-corrected chi connectivity index (χ4v) is 2.96. The summed E-state index contributed by atoms with van der Waals surface area (Å²) in [5.74, 6) is -1.76. The van der Waals surface area contributed by atoms with Crippen molar-refractivity contribution < 1.29 is 23.1 Å². The van der Waals surface area contributed by atoms with Gasteiger partial charge in [0.2, 0.25) is 10.0 Å². The molecule has 1 unspecified atom stereocenters. The van der Waals surface area contributed by atoms with Crippen LogP contribution in [0.15, 0.2) is 15.7 Å². The Hall–Kier alpha value is -1.45. The first-order valence-corrected chi connectivity index (χ1v) is 7.83.